The minimum absolute atomic E-state index is 0.335. The van der Waals surface area contributed by atoms with Crippen molar-refractivity contribution in [1.82, 2.24) is 9.97 Å². The molecule has 0 unspecified atom stereocenters. The van der Waals surface area contributed by atoms with Gasteiger partial charge in [0.2, 0.25) is 0 Å². The molecule has 0 N–H and O–H groups in total. The fraction of sp³-hybridized carbons (Fsp3) is 0.643. The van der Waals surface area contributed by atoms with E-state index >= 15 is 0 Å². The number of anilines is 1. The van der Waals surface area contributed by atoms with Gasteiger partial charge in [0.05, 0.1) is 6.54 Å². The van der Waals surface area contributed by atoms with Crippen molar-refractivity contribution >= 4 is 11.6 Å². The van der Waals surface area contributed by atoms with Gasteiger partial charge < -0.3 is 4.90 Å². The molecule has 1 aromatic rings. The lowest BCUT2D eigenvalue weighted by Gasteiger charge is -2.28. The van der Waals surface area contributed by atoms with Gasteiger partial charge in [-0.1, -0.05) is 6.42 Å². The lowest BCUT2D eigenvalue weighted by molar-refractivity contribution is -0.118. The van der Waals surface area contributed by atoms with E-state index < -0.39 is 0 Å². The number of piperidine rings is 1. The van der Waals surface area contributed by atoms with Gasteiger partial charge in [-0.25, -0.2) is 9.97 Å². The molecule has 1 aliphatic heterocycles. The number of rotatable bonds is 1. The Kier molecular flexibility index (Phi) is 3.26. The molecule has 4 heteroatoms. The van der Waals surface area contributed by atoms with Crippen molar-refractivity contribution < 1.29 is 4.79 Å². The summed E-state index contributed by atoms with van der Waals surface area (Å²) in [5.41, 5.74) is 2.50. The Morgan fingerprint density at radius 3 is 2.78 bits per heavy atom. The molecule has 0 atom stereocenters. The van der Waals surface area contributed by atoms with E-state index in [0.29, 0.717) is 12.3 Å². The van der Waals surface area contributed by atoms with E-state index in [1.165, 1.54) is 30.5 Å². The first-order valence-corrected chi connectivity index (χ1v) is 6.94. The molecule has 0 saturated carbocycles. The van der Waals surface area contributed by atoms with Crippen LogP contribution in [0.2, 0.25) is 0 Å². The molecule has 2 heterocycles. The standard InChI is InChI=1S/C14H19N3O/c18-11-5-4-8-17(9-11)14-12-6-2-1-3-7-13(12)15-10-16-14/h10H,1-9H2. The van der Waals surface area contributed by atoms with Crippen LogP contribution in [0.3, 0.4) is 0 Å². The molecule has 1 aliphatic carbocycles. The first-order valence-electron chi connectivity index (χ1n) is 6.94. The predicted molar refractivity (Wildman–Crippen MR) is 69.7 cm³/mol. The molecule has 4 nitrogen and oxygen atoms in total. The number of nitrogens with zero attached hydrogens (tertiary/aromatic N) is 3. The summed E-state index contributed by atoms with van der Waals surface area (Å²) in [6.07, 6.45) is 9.19. The molecular weight excluding hydrogens is 226 g/mol. The molecule has 3 rings (SSSR count). The normalized spacial score (nSPS) is 20.4. The molecule has 0 aromatic carbocycles. The summed E-state index contributed by atoms with van der Waals surface area (Å²) in [4.78, 5) is 22.6. The summed E-state index contributed by atoms with van der Waals surface area (Å²) in [5.74, 6) is 1.36. The molecule has 1 fully saturated rings. The van der Waals surface area contributed by atoms with Crippen molar-refractivity contribution in [3.8, 4) is 0 Å². The summed E-state index contributed by atoms with van der Waals surface area (Å²) < 4.78 is 0. The van der Waals surface area contributed by atoms with Gasteiger partial charge in [-0.15, -0.1) is 0 Å². The number of ketones is 1. The molecular formula is C14H19N3O. The van der Waals surface area contributed by atoms with E-state index in [9.17, 15) is 4.79 Å². The molecule has 0 amide bonds. The van der Waals surface area contributed by atoms with Crippen LogP contribution in [-0.4, -0.2) is 28.8 Å². The largest absolute Gasteiger partial charge is 0.349 e. The summed E-state index contributed by atoms with van der Waals surface area (Å²) in [6, 6.07) is 0. The molecule has 96 valence electrons. The zero-order valence-electron chi connectivity index (χ0n) is 10.7. The molecule has 0 radical (unpaired) electrons. The van der Waals surface area contributed by atoms with Crippen molar-refractivity contribution in [2.24, 2.45) is 0 Å². The summed E-state index contributed by atoms with van der Waals surface area (Å²) in [6.45, 7) is 1.48. The van der Waals surface area contributed by atoms with Crippen LogP contribution in [0.25, 0.3) is 0 Å². The van der Waals surface area contributed by atoms with Crippen molar-refractivity contribution in [3.63, 3.8) is 0 Å². The molecule has 0 spiro atoms. The third-order valence-corrected chi connectivity index (χ3v) is 3.90. The SMILES string of the molecule is O=C1CCCN(c2ncnc3c2CCCCC3)C1. The predicted octanol–water partition coefficient (Wildman–Crippen LogP) is 1.91. The van der Waals surface area contributed by atoms with E-state index in [1.807, 2.05) is 0 Å². The Hall–Kier alpha value is -1.45. The lowest BCUT2D eigenvalue weighted by atomic mass is 10.1. The van der Waals surface area contributed by atoms with E-state index in [1.54, 1.807) is 6.33 Å². The van der Waals surface area contributed by atoms with Crippen molar-refractivity contribution in [1.29, 1.82) is 0 Å². The number of hydrogen-bond acceptors (Lipinski definition) is 4. The maximum Gasteiger partial charge on any atom is 0.152 e. The lowest BCUT2D eigenvalue weighted by Crippen LogP contribution is -2.37. The number of aryl methyl sites for hydroxylation is 1. The third-order valence-electron chi connectivity index (χ3n) is 3.90. The third kappa shape index (κ3) is 2.24. The number of Topliss-reactive ketones (excluding diaryl/α,β-unsaturated/α-hetero) is 1. The van der Waals surface area contributed by atoms with Crippen LogP contribution in [0.5, 0.6) is 0 Å². The summed E-state index contributed by atoms with van der Waals surface area (Å²) >= 11 is 0. The highest BCUT2D eigenvalue weighted by molar-refractivity contribution is 5.84. The van der Waals surface area contributed by atoms with Gasteiger partial charge in [0.15, 0.2) is 5.78 Å². The van der Waals surface area contributed by atoms with E-state index in [-0.39, 0.29) is 0 Å². The van der Waals surface area contributed by atoms with E-state index in [0.717, 1.165) is 38.0 Å². The molecule has 0 bridgehead atoms. The highest BCUT2D eigenvalue weighted by Crippen LogP contribution is 2.27. The second kappa shape index (κ2) is 5.04. The number of aromatic nitrogens is 2. The van der Waals surface area contributed by atoms with Crippen LogP contribution in [0, 0.1) is 0 Å². The maximum atomic E-state index is 11.6. The Bertz CT molecular complexity index is 458. The van der Waals surface area contributed by atoms with Gasteiger partial charge >= 0.3 is 0 Å². The fourth-order valence-electron chi connectivity index (χ4n) is 2.97. The first-order chi connectivity index (χ1) is 8.84. The minimum Gasteiger partial charge on any atom is -0.349 e. The van der Waals surface area contributed by atoms with Crippen LogP contribution < -0.4 is 4.90 Å². The number of carbonyl (C=O) groups excluding carboxylic acids is 1. The quantitative estimate of drug-likeness (QED) is 0.709. The summed E-state index contributed by atoms with van der Waals surface area (Å²) in [5, 5.41) is 0. The Balaban J connectivity index is 1.93. The second-order valence-corrected chi connectivity index (χ2v) is 5.25. The Labute approximate surface area is 107 Å². The van der Waals surface area contributed by atoms with Gasteiger partial charge in [-0.2, -0.15) is 0 Å². The highest BCUT2D eigenvalue weighted by Gasteiger charge is 2.23. The van der Waals surface area contributed by atoms with Crippen molar-refractivity contribution in [3.05, 3.63) is 17.6 Å². The van der Waals surface area contributed by atoms with Gasteiger partial charge in [0.25, 0.3) is 0 Å². The molecule has 2 aliphatic rings. The van der Waals surface area contributed by atoms with Crippen LogP contribution in [0.4, 0.5) is 5.82 Å². The number of hydrogen-bond donors (Lipinski definition) is 0. The van der Waals surface area contributed by atoms with Crippen LogP contribution in [-0.2, 0) is 17.6 Å². The van der Waals surface area contributed by atoms with E-state index in [4.69, 9.17) is 0 Å². The molecule has 1 saturated heterocycles. The average Bonchev–Trinajstić information content (AvgIpc) is 2.63. The van der Waals surface area contributed by atoms with Crippen LogP contribution >= 0.6 is 0 Å². The maximum absolute atomic E-state index is 11.6. The Morgan fingerprint density at radius 2 is 1.89 bits per heavy atom. The zero-order valence-corrected chi connectivity index (χ0v) is 10.7. The van der Waals surface area contributed by atoms with Crippen molar-refractivity contribution in [2.75, 3.05) is 18.0 Å². The smallest absolute Gasteiger partial charge is 0.152 e. The van der Waals surface area contributed by atoms with E-state index in [2.05, 4.69) is 14.9 Å². The average molecular weight is 245 g/mol. The topological polar surface area (TPSA) is 46.1 Å². The van der Waals surface area contributed by atoms with Gasteiger partial charge in [-0.3, -0.25) is 4.79 Å². The second-order valence-electron chi connectivity index (χ2n) is 5.25. The molecule has 18 heavy (non-hydrogen) atoms. The summed E-state index contributed by atoms with van der Waals surface area (Å²) in [7, 11) is 0. The van der Waals surface area contributed by atoms with Crippen LogP contribution in [0.15, 0.2) is 6.33 Å². The monoisotopic (exact) mass is 245 g/mol. The van der Waals surface area contributed by atoms with Gasteiger partial charge in [0, 0.05) is 24.2 Å². The fourth-order valence-corrected chi connectivity index (χ4v) is 2.97. The number of fused-ring (bicyclic) bond motifs is 1. The van der Waals surface area contributed by atoms with Crippen LogP contribution in [0.1, 0.15) is 43.4 Å². The number of carbonyl (C=O) groups is 1. The highest BCUT2D eigenvalue weighted by atomic mass is 16.1. The molecule has 1 aromatic heterocycles. The first kappa shape index (κ1) is 11.6. The zero-order chi connectivity index (χ0) is 12.4. The minimum atomic E-state index is 0.335. The van der Waals surface area contributed by atoms with Gasteiger partial charge in [0.1, 0.15) is 12.1 Å². The van der Waals surface area contributed by atoms with Crippen molar-refractivity contribution in [2.45, 2.75) is 44.9 Å². The van der Waals surface area contributed by atoms with Gasteiger partial charge in [-0.05, 0) is 32.1 Å². The Morgan fingerprint density at radius 1 is 1.00 bits per heavy atom.